The molecule has 15 heavy (non-hydrogen) atoms. The topological polar surface area (TPSA) is 42.9 Å². The summed E-state index contributed by atoms with van der Waals surface area (Å²) in [7, 11) is 0. The number of amidine groups is 1. The predicted octanol–water partition coefficient (Wildman–Crippen LogP) is 0.828. The summed E-state index contributed by atoms with van der Waals surface area (Å²) in [6, 6.07) is 7.13. The molecule has 0 saturated carbocycles. The van der Waals surface area contributed by atoms with E-state index in [0.29, 0.717) is 11.5 Å². The normalized spacial score (nSPS) is 33.9. The highest BCUT2D eigenvalue weighted by molar-refractivity contribution is 5.88. The van der Waals surface area contributed by atoms with Gasteiger partial charge in [0.1, 0.15) is 12.4 Å². The van der Waals surface area contributed by atoms with Crippen LogP contribution in [-0.2, 0) is 0 Å². The SMILES string of the molecule is [2H]C1([2H])N=C(C2COc3ccccc3O2)NC1([2H])[2H]. The minimum atomic E-state index is -2.32. The quantitative estimate of drug-likeness (QED) is 0.743. The maximum absolute atomic E-state index is 7.55. The molecule has 0 bridgehead atoms. The number of para-hydroxylation sites is 2. The van der Waals surface area contributed by atoms with Gasteiger partial charge in [0.05, 0.1) is 12.0 Å². The Bertz CT molecular complexity index is 547. The molecule has 2 aliphatic rings. The van der Waals surface area contributed by atoms with Crippen LogP contribution in [-0.4, -0.2) is 31.5 Å². The number of fused-ring (bicyclic) bond motifs is 1. The number of ether oxygens (including phenoxy) is 2. The van der Waals surface area contributed by atoms with Crippen LogP contribution in [0.4, 0.5) is 0 Å². The summed E-state index contributed by atoms with van der Waals surface area (Å²) >= 11 is 0. The van der Waals surface area contributed by atoms with E-state index in [1.165, 1.54) is 0 Å². The molecule has 4 heteroatoms. The molecule has 2 aliphatic heterocycles. The molecule has 1 aromatic rings. The van der Waals surface area contributed by atoms with Crippen LogP contribution < -0.4 is 14.8 Å². The Balaban J connectivity index is 1.84. The molecule has 0 spiro atoms. The summed E-state index contributed by atoms with van der Waals surface area (Å²) in [5.74, 6) is 1.28. The maximum atomic E-state index is 7.55. The van der Waals surface area contributed by atoms with Gasteiger partial charge >= 0.3 is 0 Å². The van der Waals surface area contributed by atoms with E-state index in [9.17, 15) is 0 Å². The van der Waals surface area contributed by atoms with Gasteiger partial charge in [-0.3, -0.25) is 4.99 Å². The average Bonchev–Trinajstić information content (AvgIpc) is 2.58. The molecule has 1 N–H and O–H groups in total. The van der Waals surface area contributed by atoms with Crippen molar-refractivity contribution in [2.75, 3.05) is 19.6 Å². The average molecular weight is 208 g/mol. The predicted molar refractivity (Wildman–Crippen MR) is 56.7 cm³/mol. The Morgan fingerprint density at radius 3 is 3.07 bits per heavy atom. The van der Waals surface area contributed by atoms with Crippen LogP contribution >= 0.6 is 0 Å². The maximum Gasteiger partial charge on any atom is 0.189 e. The van der Waals surface area contributed by atoms with E-state index in [-0.39, 0.29) is 12.4 Å². The number of hydrogen-bond donors (Lipinski definition) is 1. The molecular formula is C11H12N2O2. The Morgan fingerprint density at radius 2 is 2.27 bits per heavy atom. The second kappa shape index (κ2) is 3.46. The number of hydrogen-bond acceptors (Lipinski definition) is 4. The third kappa shape index (κ3) is 1.52. The van der Waals surface area contributed by atoms with Crippen LogP contribution in [0.25, 0.3) is 0 Å². The first-order valence-corrected chi connectivity index (χ1v) is 4.65. The van der Waals surface area contributed by atoms with Crippen molar-refractivity contribution in [3.8, 4) is 11.5 Å². The lowest BCUT2D eigenvalue weighted by Crippen LogP contribution is -2.42. The zero-order chi connectivity index (χ0) is 13.7. The highest BCUT2D eigenvalue weighted by Crippen LogP contribution is 2.31. The Hall–Kier alpha value is -1.71. The molecule has 0 radical (unpaired) electrons. The van der Waals surface area contributed by atoms with E-state index in [0.717, 1.165) is 0 Å². The number of rotatable bonds is 1. The standard InChI is InChI=1S/C11H12N2O2/c1-2-4-9-8(3-1)14-7-10(15-9)11-12-5-6-13-11/h1-4,10H,5-7H2,(H,12,13)/i5D2,6D2. The molecule has 0 fully saturated rings. The van der Waals surface area contributed by atoms with E-state index >= 15 is 0 Å². The van der Waals surface area contributed by atoms with Gasteiger partial charge < -0.3 is 14.8 Å². The minimum absolute atomic E-state index is 0.129. The van der Waals surface area contributed by atoms with E-state index in [4.69, 9.17) is 15.0 Å². The largest absolute Gasteiger partial charge is 0.485 e. The molecule has 1 atom stereocenters. The van der Waals surface area contributed by atoms with Gasteiger partial charge in [0.2, 0.25) is 0 Å². The minimum Gasteiger partial charge on any atom is -0.485 e. The van der Waals surface area contributed by atoms with Gasteiger partial charge in [-0.1, -0.05) is 12.1 Å². The van der Waals surface area contributed by atoms with Crippen molar-refractivity contribution in [1.29, 1.82) is 0 Å². The summed E-state index contributed by atoms with van der Waals surface area (Å²) in [4.78, 5) is 3.73. The zero-order valence-electron chi connectivity index (χ0n) is 11.9. The van der Waals surface area contributed by atoms with E-state index < -0.39 is 19.1 Å². The fourth-order valence-electron chi connectivity index (χ4n) is 1.51. The molecule has 3 rings (SSSR count). The van der Waals surface area contributed by atoms with E-state index in [1.807, 2.05) is 6.07 Å². The molecule has 2 heterocycles. The number of nitrogens with zero attached hydrogens (tertiary/aromatic N) is 1. The van der Waals surface area contributed by atoms with Gasteiger partial charge in [-0.15, -0.1) is 0 Å². The van der Waals surface area contributed by atoms with Crippen LogP contribution in [0.1, 0.15) is 5.48 Å². The van der Waals surface area contributed by atoms with Gasteiger partial charge in [-0.2, -0.15) is 0 Å². The highest BCUT2D eigenvalue weighted by Gasteiger charge is 2.26. The Morgan fingerprint density at radius 1 is 1.40 bits per heavy atom. The summed E-state index contributed by atoms with van der Waals surface area (Å²) in [5.41, 5.74) is 0. The fraction of sp³-hybridized carbons (Fsp3) is 0.364. The number of benzene rings is 1. The zero-order valence-corrected chi connectivity index (χ0v) is 7.86. The molecule has 1 unspecified atom stereocenters. The molecule has 0 aliphatic carbocycles. The van der Waals surface area contributed by atoms with Gasteiger partial charge in [0, 0.05) is 6.50 Å². The lowest BCUT2D eigenvalue weighted by molar-refractivity contribution is 0.133. The van der Waals surface area contributed by atoms with Crippen molar-refractivity contribution in [2.45, 2.75) is 6.10 Å². The first-order valence-electron chi connectivity index (χ1n) is 6.65. The third-order valence-corrected chi connectivity index (χ3v) is 2.24. The summed E-state index contributed by atoms with van der Waals surface area (Å²) < 4.78 is 41.3. The second-order valence-corrected chi connectivity index (χ2v) is 3.22. The smallest absolute Gasteiger partial charge is 0.189 e. The van der Waals surface area contributed by atoms with Crippen molar-refractivity contribution >= 4 is 5.84 Å². The third-order valence-electron chi connectivity index (χ3n) is 2.24. The first kappa shape index (κ1) is 5.39. The van der Waals surface area contributed by atoms with Gasteiger partial charge in [-0.05, 0) is 12.1 Å². The van der Waals surface area contributed by atoms with Crippen molar-refractivity contribution in [3.05, 3.63) is 24.3 Å². The summed E-state index contributed by atoms with van der Waals surface area (Å²) in [6.45, 7) is -4.40. The van der Waals surface area contributed by atoms with Crippen LogP contribution in [0.15, 0.2) is 29.3 Å². The second-order valence-electron chi connectivity index (χ2n) is 3.22. The van der Waals surface area contributed by atoms with Crippen molar-refractivity contribution in [3.63, 3.8) is 0 Å². The van der Waals surface area contributed by atoms with Gasteiger partial charge in [-0.25, -0.2) is 0 Å². The summed E-state index contributed by atoms with van der Waals surface area (Å²) in [6.07, 6.45) is -0.637. The lowest BCUT2D eigenvalue weighted by atomic mass is 10.2. The van der Waals surface area contributed by atoms with Crippen LogP contribution in [0, 0.1) is 0 Å². The fourth-order valence-corrected chi connectivity index (χ4v) is 1.51. The first-order chi connectivity index (χ1) is 8.89. The van der Waals surface area contributed by atoms with Crippen LogP contribution in [0.3, 0.4) is 0 Å². The molecule has 0 amide bonds. The molecule has 0 aromatic heterocycles. The van der Waals surface area contributed by atoms with Crippen molar-refractivity contribution < 1.29 is 15.0 Å². The van der Waals surface area contributed by atoms with Crippen molar-refractivity contribution in [2.24, 2.45) is 4.99 Å². The van der Waals surface area contributed by atoms with E-state index in [1.54, 1.807) is 18.2 Å². The van der Waals surface area contributed by atoms with Crippen molar-refractivity contribution in [1.82, 2.24) is 5.32 Å². The monoisotopic (exact) mass is 208 g/mol. The lowest BCUT2D eigenvalue weighted by Gasteiger charge is -2.26. The van der Waals surface area contributed by atoms with Crippen LogP contribution in [0.5, 0.6) is 11.5 Å². The molecular weight excluding hydrogens is 192 g/mol. The van der Waals surface area contributed by atoms with Crippen LogP contribution in [0.2, 0.25) is 0 Å². The number of nitrogens with one attached hydrogen (secondary N) is 1. The van der Waals surface area contributed by atoms with Gasteiger partial charge in [0.25, 0.3) is 0 Å². The Kier molecular flexibility index (Phi) is 1.24. The Labute approximate surface area is 93.5 Å². The molecule has 78 valence electrons. The molecule has 4 nitrogen and oxygen atoms in total. The molecule has 0 saturated heterocycles. The van der Waals surface area contributed by atoms with E-state index in [2.05, 4.69) is 10.3 Å². The molecule has 1 aromatic carbocycles. The highest BCUT2D eigenvalue weighted by atomic mass is 16.6. The van der Waals surface area contributed by atoms with Gasteiger partial charge in [0.15, 0.2) is 17.6 Å². The number of aliphatic imine (C=N–C) groups is 1. The summed E-state index contributed by atoms with van der Waals surface area (Å²) in [5, 5.41) is 2.42.